The van der Waals surface area contributed by atoms with E-state index in [-0.39, 0.29) is 17.8 Å². The topological polar surface area (TPSA) is 61.9 Å². The van der Waals surface area contributed by atoms with Gasteiger partial charge in [0, 0.05) is 37.3 Å². The fourth-order valence-corrected chi connectivity index (χ4v) is 5.07. The molecule has 2 saturated heterocycles. The second-order valence-electron chi connectivity index (χ2n) is 8.58. The van der Waals surface area contributed by atoms with E-state index in [1.807, 2.05) is 36.4 Å². The number of Topliss-reactive ketones (excluding diaryl/α,β-unsaturated/α-hetero) is 1. The Morgan fingerprint density at radius 1 is 1.17 bits per heavy atom. The van der Waals surface area contributed by atoms with Crippen molar-refractivity contribution >= 4 is 17.4 Å². The van der Waals surface area contributed by atoms with E-state index in [0.29, 0.717) is 6.67 Å². The van der Waals surface area contributed by atoms with Crippen LogP contribution < -0.4 is 15.0 Å². The molecule has 1 atom stereocenters. The van der Waals surface area contributed by atoms with Crippen LogP contribution in [0.15, 0.2) is 48.5 Å². The minimum absolute atomic E-state index is 0.0837. The summed E-state index contributed by atoms with van der Waals surface area (Å²) in [5.74, 6) is 1.12. The first kappa shape index (κ1) is 19.1. The fourth-order valence-electron chi connectivity index (χ4n) is 5.07. The standard InChI is InChI=1S/C24H27N3O3/c1-17(28)18-7-8-22-19(13-18)14-21(30-22)15-26-11-9-24(10-12-26)23(29)25-16-27(24)20-5-3-2-4-6-20/h2-8,13,21H,9-12,14-16H2,1H3,(H,25,29). The highest BCUT2D eigenvalue weighted by Gasteiger charge is 2.50. The highest BCUT2D eigenvalue weighted by molar-refractivity contribution is 5.94. The van der Waals surface area contributed by atoms with Gasteiger partial charge in [0.15, 0.2) is 5.78 Å². The van der Waals surface area contributed by atoms with Crippen LogP contribution in [0.2, 0.25) is 0 Å². The number of ketones is 1. The lowest BCUT2D eigenvalue weighted by atomic mass is 9.85. The zero-order valence-electron chi connectivity index (χ0n) is 17.3. The average molecular weight is 405 g/mol. The molecule has 2 aromatic carbocycles. The average Bonchev–Trinajstić information content (AvgIpc) is 3.30. The smallest absolute Gasteiger partial charge is 0.247 e. The van der Waals surface area contributed by atoms with Gasteiger partial charge in [-0.05, 0) is 55.7 Å². The number of nitrogens with one attached hydrogen (secondary N) is 1. The van der Waals surface area contributed by atoms with E-state index in [9.17, 15) is 9.59 Å². The highest BCUT2D eigenvalue weighted by Crippen LogP contribution is 2.37. The number of ether oxygens (including phenoxy) is 1. The Morgan fingerprint density at radius 2 is 1.93 bits per heavy atom. The number of hydrogen-bond acceptors (Lipinski definition) is 5. The van der Waals surface area contributed by atoms with Crippen LogP contribution in [0.25, 0.3) is 0 Å². The first-order valence-electron chi connectivity index (χ1n) is 10.7. The molecule has 6 heteroatoms. The number of amides is 1. The zero-order chi connectivity index (χ0) is 20.7. The lowest BCUT2D eigenvalue weighted by molar-refractivity contribution is -0.125. The molecule has 0 aliphatic carbocycles. The Balaban J connectivity index is 1.23. The van der Waals surface area contributed by atoms with E-state index in [2.05, 4.69) is 27.2 Å². The maximum atomic E-state index is 12.8. The van der Waals surface area contributed by atoms with Gasteiger partial charge in [0.25, 0.3) is 0 Å². The van der Waals surface area contributed by atoms with Gasteiger partial charge < -0.3 is 15.0 Å². The second-order valence-corrected chi connectivity index (χ2v) is 8.58. The molecule has 1 spiro atoms. The Kier molecular flexibility index (Phi) is 4.74. The van der Waals surface area contributed by atoms with Crippen molar-refractivity contribution in [3.63, 3.8) is 0 Å². The lowest BCUT2D eigenvalue weighted by Crippen LogP contribution is -2.57. The summed E-state index contributed by atoms with van der Waals surface area (Å²) in [4.78, 5) is 29.1. The first-order chi connectivity index (χ1) is 14.5. The maximum Gasteiger partial charge on any atom is 0.247 e. The van der Waals surface area contributed by atoms with Gasteiger partial charge in [0.1, 0.15) is 17.4 Å². The summed E-state index contributed by atoms with van der Waals surface area (Å²) in [6, 6.07) is 15.9. The number of hydrogen-bond donors (Lipinski definition) is 1. The van der Waals surface area contributed by atoms with Crippen LogP contribution in [0.5, 0.6) is 5.75 Å². The van der Waals surface area contributed by atoms with E-state index in [0.717, 1.165) is 61.5 Å². The number of anilines is 1. The summed E-state index contributed by atoms with van der Waals surface area (Å²) in [6.07, 6.45) is 2.54. The summed E-state index contributed by atoms with van der Waals surface area (Å²) in [6.45, 7) is 4.74. The Bertz CT molecular complexity index is 967. The van der Waals surface area contributed by atoms with Crippen molar-refractivity contribution in [2.24, 2.45) is 0 Å². The van der Waals surface area contributed by atoms with Crippen LogP contribution in [0.1, 0.15) is 35.7 Å². The lowest BCUT2D eigenvalue weighted by Gasteiger charge is -2.43. The summed E-state index contributed by atoms with van der Waals surface area (Å²) < 4.78 is 6.13. The monoisotopic (exact) mass is 405 g/mol. The second kappa shape index (κ2) is 7.43. The van der Waals surface area contributed by atoms with Crippen molar-refractivity contribution in [3.8, 4) is 5.75 Å². The van der Waals surface area contributed by atoms with Crippen molar-refractivity contribution < 1.29 is 14.3 Å². The molecule has 1 amide bonds. The molecule has 156 valence electrons. The maximum absolute atomic E-state index is 12.8. The van der Waals surface area contributed by atoms with E-state index < -0.39 is 5.54 Å². The summed E-state index contributed by atoms with van der Waals surface area (Å²) in [5, 5.41) is 3.06. The number of carbonyl (C=O) groups is 2. The van der Waals surface area contributed by atoms with Crippen molar-refractivity contribution in [3.05, 3.63) is 59.7 Å². The molecule has 0 radical (unpaired) electrons. The van der Waals surface area contributed by atoms with Gasteiger partial charge in [-0.1, -0.05) is 18.2 Å². The van der Waals surface area contributed by atoms with Gasteiger partial charge >= 0.3 is 0 Å². The van der Waals surface area contributed by atoms with E-state index in [1.54, 1.807) is 6.92 Å². The number of likely N-dealkylation sites (tertiary alicyclic amines) is 1. The highest BCUT2D eigenvalue weighted by atomic mass is 16.5. The minimum atomic E-state index is -0.451. The van der Waals surface area contributed by atoms with Gasteiger partial charge in [-0.2, -0.15) is 0 Å². The third kappa shape index (κ3) is 3.25. The number of nitrogens with zero attached hydrogens (tertiary/aromatic N) is 2. The molecule has 1 unspecified atom stereocenters. The Labute approximate surface area is 176 Å². The summed E-state index contributed by atoms with van der Waals surface area (Å²) >= 11 is 0. The predicted octanol–water partition coefficient (Wildman–Crippen LogP) is 2.62. The molecule has 1 N–H and O–H groups in total. The molecule has 3 aliphatic heterocycles. The van der Waals surface area contributed by atoms with E-state index in [1.165, 1.54) is 0 Å². The predicted molar refractivity (Wildman–Crippen MR) is 115 cm³/mol. The number of rotatable bonds is 4. The fraction of sp³-hybridized carbons (Fsp3) is 0.417. The minimum Gasteiger partial charge on any atom is -0.488 e. The molecule has 0 bridgehead atoms. The molecule has 3 aliphatic rings. The first-order valence-corrected chi connectivity index (χ1v) is 10.7. The van der Waals surface area contributed by atoms with Crippen LogP contribution in [0.3, 0.4) is 0 Å². The molecule has 2 fully saturated rings. The Morgan fingerprint density at radius 3 is 2.67 bits per heavy atom. The molecule has 0 saturated carbocycles. The van der Waals surface area contributed by atoms with Gasteiger partial charge in [0.05, 0.1) is 6.67 Å². The molecule has 30 heavy (non-hydrogen) atoms. The normalized spacial score (nSPS) is 22.6. The third-order valence-corrected chi connectivity index (χ3v) is 6.76. The zero-order valence-corrected chi connectivity index (χ0v) is 17.3. The molecule has 2 aromatic rings. The third-order valence-electron chi connectivity index (χ3n) is 6.76. The van der Waals surface area contributed by atoms with Gasteiger partial charge in [-0.3, -0.25) is 14.5 Å². The summed E-state index contributed by atoms with van der Waals surface area (Å²) in [5.41, 5.74) is 2.51. The molecular formula is C24H27N3O3. The van der Waals surface area contributed by atoms with Gasteiger partial charge in [-0.15, -0.1) is 0 Å². The van der Waals surface area contributed by atoms with Crippen molar-refractivity contribution in [2.45, 2.75) is 37.8 Å². The van der Waals surface area contributed by atoms with Crippen molar-refractivity contribution in [1.82, 2.24) is 10.2 Å². The largest absolute Gasteiger partial charge is 0.488 e. The van der Waals surface area contributed by atoms with Crippen LogP contribution in [0.4, 0.5) is 5.69 Å². The number of fused-ring (bicyclic) bond motifs is 1. The molecular weight excluding hydrogens is 378 g/mol. The van der Waals surface area contributed by atoms with Gasteiger partial charge in [0.2, 0.25) is 5.91 Å². The van der Waals surface area contributed by atoms with Crippen LogP contribution in [-0.4, -0.2) is 54.5 Å². The van der Waals surface area contributed by atoms with Crippen molar-refractivity contribution in [2.75, 3.05) is 31.2 Å². The van der Waals surface area contributed by atoms with E-state index in [4.69, 9.17) is 4.74 Å². The molecule has 3 heterocycles. The molecule has 6 nitrogen and oxygen atoms in total. The molecule has 0 aromatic heterocycles. The Hall–Kier alpha value is -2.86. The quantitative estimate of drug-likeness (QED) is 0.793. The van der Waals surface area contributed by atoms with Gasteiger partial charge in [-0.25, -0.2) is 0 Å². The molecule has 5 rings (SSSR count). The van der Waals surface area contributed by atoms with Crippen LogP contribution in [-0.2, 0) is 11.2 Å². The number of piperidine rings is 1. The van der Waals surface area contributed by atoms with Crippen LogP contribution >= 0.6 is 0 Å². The van der Waals surface area contributed by atoms with Crippen molar-refractivity contribution in [1.29, 1.82) is 0 Å². The number of benzene rings is 2. The SMILES string of the molecule is CC(=O)c1ccc2c(c1)CC(CN1CCC3(CC1)C(=O)NCN3c1ccccc1)O2. The van der Waals surface area contributed by atoms with E-state index >= 15 is 0 Å². The summed E-state index contributed by atoms with van der Waals surface area (Å²) in [7, 11) is 0. The number of carbonyl (C=O) groups excluding carboxylic acids is 2. The number of para-hydroxylation sites is 1. The van der Waals surface area contributed by atoms with Crippen LogP contribution in [0, 0.1) is 0 Å².